The predicted molar refractivity (Wildman–Crippen MR) is 72.9 cm³/mol. The van der Waals surface area contributed by atoms with Crippen molar-refractivity contribution >= 4 is 5.91 Å². The Balaban J connectivity index is 1.94. The summed E-state index contributed by atoms with van der Waals surface area (Å²) in [5, 5.41) is 10.1. The van der Waals surface area contributed by atoms with Gasteiger partial charge in [0.25, 0.3) is 5.91 Å². The molecular weight excluding hydrogens is 242 g/mol. The quantitative estimate of drug-likeness (QED) is 0.881. The fourth-order valence-corrected chi connectivity index (χ4v) is 2.52. The maximum absolute atomic E-state index is 12.2. The maximum Gasteiger partial charge on any atom is 0.254 e. The number of hydrogen-bond donors (Lipinski definition) is 1. The average molecular weight is 263 g/mol. The first-order chi connectivity index (χ1) is 9.08. The van der Waals surface area contributed by atoms with Crippen molar-refractivity contribution in [1.82, 2.24) is 4.90 Å². The van der Waals surface area contributed by atoms with Gasteiger partial charge in [0, 0.05) is 12.7 Å². The second kappa shape index (κ2) is 5.72. The number of benzene rings is 1. The molecule has 1 amide bonds. The first kappa shape index (κ1) is 14.0. The molecule has 0 spiro atoms. The number of hydrogen-bond acceptors (Lipinski definition) is 3. The molecule has 0 radical (unpaired) electrons. The van der Waals surface area contributed by atoms with Crippen LogP contribution < -0.4 is 0 Å². The summed E-state index contributed by atoms with van der Waals surface area (Å²) in [4.78, 5) is 13.9. The molecular formula is C15H21NO3. The van der Waals surface area contributed by atoms with Crippen LogP contribution in [-0.2, 0) is 11.3 Å². The molecule has 2 rings (SSSR count). The molecule has 1 aliphatic heterocycles. The molecule has 1 N–H and O–H groups in total. The number of aliphatic hydroxyl groups is 1. The van der Waals surface area contributed by atoms with Gasteiger partial charge < -0.3 is 14.7 Å². The van der Waals surface area contributed by atoms with E-state index in [1.165, 1.54) is 0 Å². The third-order valence-corrected chi connectivity index (χ3v) is 3.48. The standard InChI is InChI=1S/C15H21NO3/c1-3-8-15(18)10-16(11-15)14(17)13-6-4-12(5-7-13)9-19-2/h4-7,18H,3,8-11H2,1-2H3. The summed E-state index contributed by atoms with van der Waals surface area (Å²) >= 11 is 0. The molecule has 0 aliphatic carbocycles. The molecule has 19 heavy (non-hydrogen) atoms. The van der Waals surface area contributed by atoms with Gasteiger partial charge in [0.05, 0.1) is 25.3 Å². The van der Waals surface area contributed by atoms with Crippen molar-refractivity contribution in [2.45, 2.75) is 32.0 Å². The normalized spacial score (nSPS) is 17.1. The number of carbonyl (C=O) groups is 1. The average Bonchev–Trinajstić information content (AvgIpc) is 2.36. The fraction of sp³-hybridized carbons (Fsp3) is 0.533. The lowest BCUT2D eigenvalue weighted by molar-refractivity contribution is -0.0860. The highest BCUT2D eigenvalue weighted by molar-refractivity contribution is 5.95. The van der Waals surface area contributed by atoms with E-state index in [0.29, 0.717) is 25.3 Å². The molecule has 1 fully saturated rings. The Morgan fingerprint density at radius 1 is 1.37 bits per heavy atom. The SMILES string of the molecule is CCCC1(O)CN(C(=O)c2ccc(COC)cc2)C1. The number of β-amino-alcohol motifs (C(OH)–C–C–N with tert-alkyl or cyclic N) is 1. The third-order valence-electron chi connectivity index (χ3n) is 3.48. The smallest absolute Gasteiger partial charge is 0.254 e. The van der Waals surface area contributed by atoms with E-state index in [2.05, 4.69) is 0 Å². The zero-order valence-corrected chi connectivity index (χ0v) is 11.6. The minimum atomic E-state index is -0.666. The van der Waals surface area contributed by atoms with Crippen molar-refractivity contribution in [3.63, 3.8) is 0 Å². The van der Waals surface area contributed by atoms with E-state index in [1.807, 2.05) is 31.2 Å². The minimum absolute atomic E-state index is 0.00950. The molecule has 1 aromatic rings. The van der Waals surface area contributed by atoms with Crippen molar-refractivity contribution in [3.05, 3.63) is 35.4 Å². The molecule has 4 heteroatoms. The molecule has 4 nitrogen and oxygen atoms in total. The van der Waals surface area contributed by atoms with Crippen molar-refractivity contribution in [1.29, 1.82) is 0 Å². The molecule has 1 saturated heterocycles. The van der Waals surface area contributed by atoms with Gasteiger partial charge in [-0.1, -0.05) is 25.5 Å². The predicted octanol–water partition coefficient (Wildman–Crippen LogP) is 1.82. The van der Waals surface area contributed by atoms with Crippen LogP contribution in [-0.4, -0.2) is 41.7 Å². The number of likely N-dealkylation sites (tertiary alicyclic amines) is 1. The van der Waals surface area contributed by atoms with Crippen molar-refractivity contribution < 1.29 is 14.6 Å². The zero-order valence-electron chi connectivity index (χ0n) is 11.6. The lowest BCUT2D eigenvalue weighted by Gasteiger charge is -2.46. The number of rotatable bonds is 5. The van der Waals surface area contributed by atoms with E-state index in [1.54, 1.807) is 12.0 Å². The van der Waals surface area contributed by atoms with E-state index in [0.717, 1.165) is 18.4 Å². The second-order valence-electron chi connectivity index (χ2n) is 5.27. The highest BCUT2D eigenvalue weighted by Crippen LogP contribution is 2.27. The number of methoxy groups -OCH3 is 1. The van der Waals surface area contributed by atoms with Crippen LogP contribution in [0, 0.1) is 0 Å². The van der Waals surface area contributed by atoms with Crippen molar-refractivity contribution in [3.8, 4) is 0 Å². The first-order valence-electron chi connectivity index (χ1n) is 6.67. The van der Waals surface area contributed by atoms with Gasteiger partial charge in [-0.05, 0) is 24.1 Å². The lowest BCUT2D eigenvalue weighted by atomic mass is 9.88. The summed E-state index contributed by atoms with van der Waals surface area (Å²) in [6, 6.07) is 7.42. The van der Waals surface area contributed by atoms with Crippen LogP contribution in [0.5, 0.6) is 0 Å². The molecule has 1 heterocycles. The number of nitrogens with zero attached hydrogens (tertiary/aromatic N) is 1. The second-order valence-corrected chi connectivity index (χ2v) is 5.27. The maximum atomic E-state index is 12.2. The summed E-state index contributed by atoms with van der Waals surface area (Å²) in [5.41, 5.74) is 1.05. The number of amides is 1. The van der Waals surface area contributed by atoms with Gasteiger partial charge in [0.15, 0.2) is 0 Å². The number of carbonyl (C=O) groups excluding carboxylic acids is 1. The van der Waals surface area contributed by atoms with Crippen molar-refractivity contribution in [2.24, 2.45) is 0 Å². The van der Waals surface area contributed by atoms with Gasteiger partial charge in [-0.25, -0.2) is 0 Å². The van der Waals surface area contributed by atoms with E-state index in [-0.39, 0.29) is 5.91 Å². The Bertz CT molecular complexity index is 435. The molecule has 0 atom stereocenters. The van der Waals surface area contributed by atoms with Crippen LogP contribution in [0.3, 0.4) is 0 Å². The Morgan fingerprint density at radius 2 is 2.00 bits per heavy atom. The van der Waals surface area contributed by atoms with Gasteiger partial charge in [-0.2, -0.15) is 0 Å². The molecule has 104 valence electrons. The molecule has 0 unspecified atom stereocenters. The van der Waals surface area contributed by atoms with Gasteiger partial charge in [0.1, 0.15) is 0 Å². The largest absolute Gasteiger partial charge is 0.386 e. The Kier molecular flexibility index (Phi) is 4.22. The van der Waals surface area contributed by atoms with Crippen molar-refractivity contribution in [2.75, 3.05) is 20.2 Å². The summed E-state index contributed by atoms with van der Waals surface area (Å²) in [6.45, 7) is 3.48. The van der Waals surface area contributed by atoms with Gasteiger partial charge >= 0.3 is 0 Å². The fourth-order valence-electron chi connectivity index (χ4n) is 2.52. The van der Waals surface area contributed by atoms with Crippen LogP contribution in [0.4, 0.5) is 0 Å². The van der Waals surface area contributed by atoms with Crippen LogP contribution in [0.25, 0.3) is 0 Å². The van der Waals surface area contributed by atoms with Gasteiger partial charge in [-0.3, -0.25) is 4.79 Å². The third kappa shape index (κ3) is 3.14. The summed E-state index contributed by atoms with van der Waals surface area (Å²) in [5.74, 6) is -0.00950. The summed E-state index contributed by atoms with van der Waals surface area (Å²) < 4.78 is 5.03. The highest BCUT2D eigenvalue weighted by atomic mass is 16.5. The van der Waals surface area contributed by atoms with Crippen LogP contribution in [0.15, 0.2) is 24.3 Å². The first-order valence-corrected chi connectivity index (χ1v) is 6.67. The topological polar surface area (TPSA) is 49.8 Å². The monoisotopic (exact) mass is 263 g/mol. The Labute approximate surface area is 114 Å². The van der Waals surface area contributed by atoms with Crippen LogP contribution in [0.2, 0.25) is 0 Å². The lowest BCUT2D eigenvalue weighted by Crippen LogP contribution is -2.63. The van der Waals surface area contributed by atoms with E-state index < -0.39 is 5.60 Å². The summed E-state index contributed by atoms with van der Waals surface area (Å²) in [6.07, 6.45) is 1.69. The minimum Gasteiger partial charge on any atom is -0.386 e. The van der Waals surface area contributed by atoms with E-state index >= 15 is 0 Å². The van der Waals surface area contributed by atoms with E-state index in [9.17, 15) is 9.90 Å². The number of ether oxygens (including phenoxy) is 1. The van der Waals surface area contributed by atoms with Crippen LogP contribution in [0.1, 0.15) is 35.7 Å². The van der Waals surface area contributed by atoms with E-state index in [4.69, 9.17) is 4.74 Å². The molecule has 1 aromatic carbocycles. The van der Waals surface area contributed by atoms with Crippen LogP contribution >= 0.6 is 0 Å². The van der Waals surface area contributed by atoms with Gasteiger partial charge in [0.2, 0.25) is 0 Å². The zero-order chi connectivity index (χ0) is 13.9. The Morgan fingerprint density at radius 3 is 2.53 bits per heavy atom. The molecule has 0 aromatic heterocycles. The highest BCUT2D eigenvalue weighted by Gasteiger charge is 2.42. The molecule has 0 saturated carbocycles. The molecule has 1 aliphatic rings. The summed E-state index contributed by atoms with van der Waals surface area (Å²) in [7, 11) is 1.65. The Hall–Kier alpha value is -1.39. The molecule has 0 bridgehead atoms. The van der Waals surface area contributed by atoms with Gasteiger partial charge in [-0.15, -0.1) is 0 Å².